The minimum atomic E-state index is 0.821. The smallest absolute Gasteiger partial charge is 0.165 e. The maximum atomic E-state index is 5.69. The minimum Gasteiger partial charge on any atom is -0.292 e. The van der Waals surface area contributed by atoms with Gasteiger partial charge in [0, 0.05) is 21.9 Å². The first-order valence-corrected chi connectivity index (χ1v) is 19.0. The van der Waals surface area contributed by atoms with Crippen LogP contribution in [0.5, 0.6) is 0 Å². The third-order valence-electron chi connectivity index (χ3n) is 11.4. The number of fused-ring (bicyclic) bond motifs is 6. The summed E-state index contributed by atoms with van der Waals surface area (Å²) in [5.74, 6) is 0.821. The van der Waals surface area contributed by atoms with Gasteiger partial charge in [-0.3, -0.25) is 4.57 Å². The van der Waals surface area contributed by atoms with Crippen molar-refractivity contribution < 1.29 is 0 Å². The highest BCUT2D eigenvalue weighted by Gasteiger charge is 2.26. The Balaban J connectivity index is 1.34. The summed E-state index contributed by atoms with van der Waals surface area (Å²) in [6.07, 6.45) is 0. The third kappa shape index (κ3) is 5.26. The Hall–Kier alpha value is -6.84. The molecule has 10 rings (SSSR count). The van der Waals surface area contributed by atoms with Gasteiger partial charge in [-0.05, 0) is 100 Å². The van der Waals surface area contributed by atoms with Gasteiger partial charge in [-0.2, -0.15) is 0 Å². The van der Waals surface area contributed by atoms with Gasteiger partial charge in [-0.1, -0.05) is 152 Å². The molecule has 0 bridgehead atoms. The second-order valence-corrected chi connectivity index (χ2v) is 14.7. The fourth-order valence-corrected chi connectivity index (χ4v) is 8.70. The van der Waals surface area contributed by atoms with E-state index in [4.69, 9.17) is 9.97 Å². The molecule has 0 N–H and O–H groups in total. The van der Waals surface area contributed by atoms with E-state index in [1.54, 1.807) is 0 Å². The first kappa shape index (κ1) is 32.8. The maximum Gasteiger partial charge on any atom is 0.165 e. The summed E-state index contributed by atoms with van der Waals surface area (Å²) < 4.78 is 2.40. The second-order valence-electron chi connectivity index (χ2n) is 14.7. The average Bonchev–Trinajstić information content (AvgIpc) is 3.57. The standard InChI is InChI=1S/C52H39N3/c1-32-16-8-11-21-41(32)49-35(4)53-50(38-28-26-37(27-29-38)36-17-6-5-7-18-36)52(54-49)55-46-25-15-14-24-44(46)48-43-23-13-12-22-42(43)47(34(3)51(48)55)45-31-40-20-10-9-19-39(40)30-33(45)2/h5-31H,1-4H3. The Morgan fingerprint density at radius 2 is 1.04 bits per heavy atom. The van der Waals surface area contributed by atoms with E-state index in [2.05, 4.69) is 196 Å². The molecule has 8 aromatic carbocycles. The van der Waals surface area contributed by atoms with Crippen molar-refractivity contribution in [3.63, 3.8) is 0 Å². The zero-order valence-corrected chi connectivity index (χ0v) is 31.4. The maximum absolute atomic E-state index is 5.69. The van der Waals surface area contributed by atoms with E-state index < -0.39 is 0 Å². The number of para-hydroxylation sites is 1. The molecule has 262 valence electrons. The van der Waals surface area contributed by atoms with Crippen molar-refractivity contribution in [1.29, 1.82) is 0 Å². The fraction of sp³-hybridized carbons (Fsp3) is 0.0769. The van der Waals surface area contributed by atoms with Crippen molar-refractivity contribution in [3.05, 3.63) is 186 Å². The molecule has 0 aliphatic carbocycles. The van der Waals surface area contributed by atoms with Crippen LogP contribution in [0.15, 0.2) is 164 Å². The lowest BCUT2D eigenvalue weighted by atomic mass is 9.87. The number of hydrogen-bond acceptors (Lipinski definition) is 2. The number of nitrogens with zero attached hydrogens (tertiary/aromatic N) is 3. The molecule has 10 aromatic rings. The lowest BCUT2D eigenvalue weighted by Gasteiger charge is -2.20. The number of aromatic nitrogens is 3. The van der Waals surface area contributed by atoms with E-state index in [1.807, 2.05) is 0 Å². The van der Waals surface area contributed by atoms with E-state index in [9.17, 15) is 0 Å². The van der Waals surface area contributed by atoms with Crippen molar-refractivity contribution in [3.8, 4) is 50.6 Å². The van der Waals surface area contributed by atoms with Gasteiger partial charge in [0.1, 0.15) is 5.69 Å². The largest absolute Gasteiger partial charge is 0.292 e. The average molecular weight is 706 g/mol. The first-order valence-electron chi connectivity index (χ1n) is 19.0. The van der Waals surface area contributed by atoms with E-state index >= 15 is 0 Å². The Labute approximate surface area is 321 Å². The summed E-state index contributed by atoms with van der Waals surface area (Å²) in [4.78, 5) is 11.2. The van der Waals surface area contributed by atoms with Crippen LogP contribution in [0.2, 0.25) is 0 Å². The normalized spacial score (nSPS) is 11.6. The number of benzene rings is 8. The summed E-state index contributed by atoms with van der Waals surface area (Å²) in [6.45, 7) is 8.78. The van der Waals surface area contributed by atoms with Crippen LogP contribution in [0.25, 0.3) is 93.9 Å². The predicted molar refractivity (Wildman–Crippen MR) is 232 cm³/mol. The van der Waals surface area contributed by atoms with E-state index in [0.717, 1.165) is 45.1 Å². The molecule has 0 unspecified atom stereocenters. The van der Waals surface area contributed by atoms with Gasteiger partial charge in [0.2, 0.25) is 0 Å². The van der Waals surface area contributed by atoms with Gasteiger partial charge in [0.15, 0.2) is 5.82 Å². The number of rotatable bonds is 5. The van der Waals surface area contributed by atoms with Crippen LogP contribution < -0.4 is 0 Å². The van der Waals surface area contributed by atoms with Gasteiger partial charge in [0.25, 0.3) is 0 Å². The highest BCUT2D eigenvalue weighted by molar-refractivity contribution is 6.26. The quantitative estimate of drug-likeness (QED) is 0.178. The lowest BCUT2D eigenvalue weighted by Crippen LogP contribution is -2.08. The molecule has 0 amide bonds. The second kappa shape index (κ2) is 12.9. The number of aryl methyl sites for hydroxylation is 4. The molecule has 2 heterocycles. The molecular weight excluding hydrogens is 667 g/mol. The molecule has 3 heteroatoms. The van der Waals surface area contributed by atoms with E-state index in [0.29, 0.717) is 0 Å². The van der Waals surface area contributed by atoms with E-state index in [-0.39, 0.29) is 0 Å². The Morgan fingerprint density at radius 1 is 0.436 bits per heavy atom. The van der Waals surface area contributed by atoms with Gasteiger partial charge in [-0.25, -0.2) is 9.97 Å². The fourth-order valence-electron chi connectivity index (χ4n) is 8.70. The molecule has 0 aliphatic heterocycles. The molecule has 0 saturated heterocycles. The van der Waals surface area contributed by atoms with Gasteiger partial charge >= 0.3 is 0 Å². The Bertz CT molecular complexity index is 3120. The molecule has 0 radical (unpaired) electrons. The van der Waals surface area contributed by atoms with Crippen LogP contribution in [0.3, 0.4) is 0 Å². The van der Waals surface area contributed by atoms with Crippen LogP contribution >= 0.6 is 0 Å². The summed E-state index contributed by atoms with van der Waals surface area (Å²) in [7, 11) is 0. The molecular formula is C52H39N3. The SMILES string of the molecule is Cc1ccccc1-c1nc(-n2c3ccccc3c3c4ccccc4c(-c4cc5ccccc5cc4C)c(C)c32)c(-c2ccc(-c3ccccc3)cc2)nc1C. The van der Waals surface area contributed by atoms with Crippen molar-refractivity contribution in [1.82, 2.24) is 14.5 Å². The van der Waals surface area contributed by atoms with Crippen LogP contribution in [0.1, 0.15) is 22.4 Å². The minimum absolute atomic E-state index is 0.821. The first-order chi connectivity index (χ1) is 27.0. The number of hydrogen-bond donors (Lipinski definition) is 0. The van der Waals surface area contributed by atoms with Crippen molar-refractivity contribution in [2.24, 2.45) is 0 Å². The summed E-state index contributed by atoms with van der Waals surface area (Å²) in [5, 5.41) is 7.40. The van der Waals surface area contributed by atoms with Crippen molar-refractivity contribution in [2.75, 3.05) is 0 Å². The van der Waals surface area contributed by atoms with Crippen LogP contribution in [0, 0.1) is 27.7 Å². The Kier molecular flexibility index (Phi) is 7.71. The molecule has 0 spiro atoms. The van der Waals surface area contributed by atoms with Crippen molar-refractivity contribution in [2.45, 2.75) is 27.7 Å². The zero-order valence-electron chi connectivity index (χ0n) is 31.4. The molecule has 0 fully saturated rings. The van der Waals surface area contributed by atoms with Crippen LogP contribution in [0.4, 0.5) is 0 Å². The lowest BCUT2D eigenvalue weighted by molar-refractivity contribution is 1.02. The van der Waals surface area contributed by atoms with E-state index in [1.165, 1.54) is 71.3 Å². The summed E-state index contributed by atoms with van der Waals surface area (Å²) in [6, 6.07) is 58.9. The molecule has 0 saturated carbocycles. The van der Waals surface area contributed by atoms with Gasteiger partial charge in [0.05, 0.1) is 22.4 Å². The van der Waals surface area contributed by atoms with Gasteiger partial charge < -0.3 is 0 Å². The predicted octanol–water partition coefficient (Wildman–Crippen LogP) is 13.8. The van der Waals surface area contributed by atoms with Gasteiger partial charge in [-0.15, -0.1) is 0 Å². The third-order valence-corrected chi connectivity index (χ3v) is 11.4. The molecule has 0 aliphatic rings. The summed E-state index contributed by atoms with van der Waals surface area (Å²) in [5.41, 5.74) is 15.5. The topological polar surface area (TPSA) is 30.7 Å². The molecule has 0 atom stereocenters. The molecule has 3 nitrogen and oxygen atoms in total. The molecule has 55 heavy (non-hydrogen) atoms. The van der Waals surface area contributed by atoms with Crippen molar-refractivity contribution >= 4 is 43.4 Å². The van der Waals surface area contributed by atoms with Crippen LogP contribution in [-0.4, -0.2) is 14.5 Å². The highest BCUT2D eigenvalue weighted by Crippen LogP contribution is 2.46. The summed E-state index contributed by atoms with van der Waals surface area (Å²) >= 11 is 0. The van der Waals surface area contributed by atoms with Crippen LogP contribution in [-0.2, 0) is 0 Å². The monoisotopic (exact) mass is 705 g/mol. The molecule has 2 aromatic heterocycles. The Morgan fingerprint density at radius 3 is 1.80 bits per heavy atom. The highest BCUT2D eigenvalue weighted by atomic mass is 15.1. The zero-order chi connectivity index (χ0) is 37.2.